The molecule has 0 aliphatic carbocycles. The van der Waals surface area contributed by atoms with Crippen molar-refractivity contribution in [2.75, 3.05) is 4.90 Å². The van der Waals surface area contributed by atoms with Gasteiger partial charge in [0.2, 0.25) is 11.8 Å². The molecule has 2 amide bonds. The van der Waals surface area contributed by atoms with Crippen LogP contribution in [0.5, 0.6) is 0 Å². The molecule has 3 aromatic carbocycles. The van der Waals surface area contributed by atoms with E-state index in [1.807, 2.05) is 49.4 Å². The Kier molecular flexibility index (Phi) is 4.30. The summed E-state index contributed by atoms with van der Waals surface area (Å²) in [5.41, 5.74) is 3.90. The molecule has 2 saturated heterocycles. The van der Waals surface area contributed by atoms with E-state index in [0.29, 0.717) is 11.3 Å². The second-order valence-corrected chi connectivity index (χ2v) is 8.77. The van der Waals surface area contributed by atoms with E-state index in [1.165, 1.54) is 4.90 Å². The van der Waals surface area contributed by atoms with E-state index in [2.05, 4.69) is 5.10 Å². The van der Waals surface area contributed by atoms with Gasteiger partial charge in [-0.25, -0.2) is 4.90 Å². The number of hydrogen-bond acceptors (Lipinski definition) is 5. The third kappa shape index (κ3) is 2.80. The lowest BCUT2D eigenvalue weighted by Gasteiger charge is -2.33. The number of anilines is 1. The highest BCUT2D eigenvalue weighted by atomic mass is 16.2. The van der Waals surface area contributed by atoms with Crippen molar-refractivity contribution in [3.05, 3.63) is 101 Å². The lowest BCUT2D eigenvalue weighted by atomic mass is 9.83. The summed E-state index contributed by atoms with van der Waals surface area (Å²) in [4.78, 5) is 42.5. The first-order valence-corrected chi connectivity index (χ1v) is 11.0. The number of para-hydroxylation sites is 1. The number of nitrogens with zero attached hydrogens (tertiary/aromatic N) is 3. The van der Waals surface area contributed by atoms with Crippen LogP contribution in [0.15, 0.2) is 84.0 Å². The first-order chi connectivity index (χ1) is 16.1. The molecule has 0 N–H and O–H groups in total. The zero-order chi connectivity index (χ0) is 22.7. The highest BCUT2D eigenvalue weighted by Crippen LogP contribution is 2.53. The average molecular weight is 435 g/mol. The highest BCUT2D eigenvalue weighted by molar-refractivity contribution is 6.24. The van der Waals surface area contributed by atoms with Crippen LogP contribution in [0.25, 0.3) is 0 Å². The molecule has 0 unspecified atom stereocenters. The van der Waals surface area contributed by atoms with Crippen molar-refractivity contribution in [2.24, 2.45) is 16.9 Å². The summed E-state index contributed by atoms with van der Waals surface area (Å²) in [6.45, 7) is 1.96. The van der Waals surface area contributed by atoms with Crippen LogP contribution in [-0.4, -0.2) is 34.9 Å². The zero-order valence-corrected chi connectivity index (χ0v) is 18.0. The van der Waals surface area contributed by atoms with E-state index in [0.717, 1.165) is 16.7 Å². The van der Waals surface area contributed by atoms with Gasteiger partial charge in [0.25, 0.3) is 0 Å². The van der Waals surface area contributed by atoms with Crippen molar-refractivity contribution < 1.29 is 14.4 Å². The Bertz CT molecular complexity index is 1320. The quantitative estimate of drug-likeness (QED) is 0.464. The molecule has 3 aromatic rings. The van der Waals surface area contributed by atoms with Gasteiger partial charge in [-0.1, -0.05) is 72.3 Å². The summed E-state index contributed by atoms with van der Waals surface area (Å²) < 4.78 is 0. The number of fused-ring (bicyclic) bond motifs is 5. The number of rotatable bonds is 3. The van der Waals surface area contributed by atoms with Gasteiger partial charge >= 0.3 is 0 Å². The van der Waals surface area contributed by atoms with E-state index in [4.69, 9.17) is 0 Å². The molecular weight excluding hydrogens is 414 g/mol. The molecular formula is C27H21N3O3. The van der Waals surface area contributed by atoms with E-state index < -0.39 is 23.9 Å². The second kappa shape index (κ2) is 7.24. The number of imide groups is 1. The molecule has 0 spiro atoms. The third-order valence-corrected chi connectivity index (χ3v) is 6.91. The Morgan fingerprint density at radius 1 is 0.818 bits per heavy atom. The van der Waals surface area contributed by atoms with Crippen LogP contribution in [0, 0.1) is 18.8 Å². The van der Waals surface area contributed by atoms with E-state index in [9.17, 15) is 14.4 Å². The summed E-state index contributed by atoms with van der Waals surface area (Å²) in [6, 6.07) is 22.6. The predicted octanol–water partition coefficient (Wildman–Crippen LogP) is 3.76. The van der Waals surface area contributed by atoms with Gasteiger partial charge in [-0.3, -0.25) is 19.4 Å². The smallest absolute Gasteiger partial charge is 0.240 e. The van der Waals surface area contributed by atoms with Gasteiger partial charge in [0.1, 0.15) is 6.04 Å². The molecule has 3 aliphatic rings. The Labute approximate surface area is 191 Å². The number of Topliss-reactive ketones (excluding diaryl/α,β-unsaturated/α-hetero) is 1. The molecule has 6 heteroatoms. The third-order valence-electron chi connectivity index (χ3n) is 6.91. The van der Waals surface area contributed by atoms with Crippen LogP contribution < -0.4 is 4.90 Å². The molecule has 6 rings (SSSR count). The molecule has 3 heterocycles. The molecule has 162 valence electrons. The number of carbonyl (C=O) groups is 3. The van der Waals surface area contributed by atoms with Gasteiger partial charge in [0.05, 0.1) is 29.8 Å². The fourth-order valence-corrected chi connectivity index (χ4v) is 5.39. The normalized spacial score (nSPS) is 25.1. The standard InChI is InChI=1S/C27H21N3O3/c1-16-11-13-17(14-12-16)25(31)24-22-21(23-20-10-6-5-7-18(20)15-28-30(23)24)26(32)29(27(22)33)19-8-3-2-4-9-19/h2-15,21-24H,1H3/t21-,22+,23+,24+/m0/s1. The van der Waals surface area contributed by atoms with Crippen molar-refractivity contribution in [2.45, 2.75) is 19.0 Å². The Hall–Kier alpha value is -4.06. The minimum atomic E-state index is -0.850. The van der Waals surface area contributed by atoms with Crippen molar-refractivity contribution in [1.82, 2.24) is 5.01 Å². The predicted molar refractivity (Wildman–Crippen MR) is 124 cm³/mol. The first kappa shape index (κ1) is 19.6. The number of hydrazone groups is 1. The molecule has 0 aromatic heterocycles. The summed E-state index contributed by atoms with van der Waals surface area (Å²) >= 11 is 0. The molecule has 0 bridgehead atoms. The molecule has 33 heavy (non-hydrogen) atoms. The Morgan fingerprint density at radius 3 is 2.24 bits per heavy atom. The molecule has 4 atom stereocenters. The van der Waals surface area contributed by atoms with Crippen molar-refractivity contribution in [1.29, 1.82) is 0 Å². The Morgan fingerprint density at radius 2 is 1.48 bits per heavy atom. The van der Waals surface area contributed by atoms with Crippen LogP contribution in [0.2, 0.25) is 0 Å². The second-order valence-electron chi connectivity index (χ2n) is 8.77. The van der Waals surface area contributed by atoms with Crippen molar-refractivity contribution in [3.63, 3.8) is 0 Å². The maximum atomic E-state index is 13.8. The molecule has 2 fully saturated rings. The Balaban J connectivity index is 1.50. The number of hydrogen-bond donors (Lipinski definition) is 0. The van der Waals surface area contributed by atoms with Crippen LogP contribution >= 0.6 is 0 Å². The summed E-state index contributed by atoms with van der Waals surface area (Å²) in [5, 5.41) is 6.28. The van der Waals surface area contributed by atoms with Gasteiger partial charge < -0.3 is 0 Å². The lowest BCUT2D eigenvalue weighted by Crippen LogP contribution is -2.44. The van der Waals surface area contributed by atoms with Crippen LogP contribution in [-0.2, 0) is 9.59 Å². The fraction of sp³-hybridized carbons (Fsp3) is 0.185. The van der Waals surface area contributed by atoms with E-state index >= 15 is 0 Å². The van der Waals surface area contributed by atoms with Gasteiger partial charge in [-0.2, -0.15) is 5.10 Å². The molecule has 0 radical (unpaired) electrons. The summed E-state index contributed by atoms with van der Waals surface area (Å²) in [6.07, 6.45) is 1.71. The highest BCUT2D eigenvalue weighted by Gasteiger charge is 2.65. The molecule has 0 saturated carbocycles. The van der Waals surface area contributed by atoms with Crippen molar-refractivity contribution >= 4 is 29.5 Å². The maximum Gasteiger partial charge on any atom is 0.240 e. The molecule has 3 aliphatic heterocycles. The minimum Gasteiger partial charge on any atom is -0.292 e. The lowest BCUT2D eigenvalue weighted by molar-refractivity contribution is -0.124. The average Bonchev–Trinajstić information content (AvgIpc) is 3.32. The number of ketones is 1. The van der Waals surface area contributed by atoms with Gasteiger partial charge in [-0.05, 0) is 30.2 Å². The van der Waals surface area contributed by atoms with Crippen LogP contribution in [0.4, 0.5) is 5.69 Å². The number of aryl methyl sites for hydroxylation is 1. The van der Waals surface area contributed by atoms with Gasteiger partial charge in [-0.15, -0.1) is 0 Å². The van der Waals surface area contributed by atoms with Crippen LogP contribution in [0.1, 0.15) is 33.1 Å². The minimum absolute atomic E-state index is 0.194. The maximum absolute atomic E-state index is 13.8. The van der Waals surface area contributed by atoms with Gasteiger partial charge in [0, 0.05) is 5.56 Å². The van der Waals surface area contributed by atoms with Gasteiger partial charge in [0.15, 0.2) is 5.78 Å². The topological polar surface area (TPSA) is 70.0 Å². The van der Waals surface area contributed by atoms with Crippen LogP contribution in [0.3, 0.4) is 0 Å². The largest absolute Gasteiger partial charge is 0.292 e. The van der Waals surface area contributed by atoms with E-state index in [-0.39, 0.29) is 17.6 Å². The SMILES string of the molecule is Cc1ccc(C(=O)[C@H]2[C@@H]3C(=O)N(c4ccccc4)C(=O)[C@@H]3[C@H]3c4ccccc4C=NN32)cc1. The van der Waals surface area contributed by atoms with E-state index in [1.54, 1.807) is 47.6 Å². The number of benzene rings is 3. The fourth-order valence-electron chi connectivity index (χ4n) is 5.39. The zero-order valence-electron chi connectivity index (χ0n) is 18.0. The summed E-state index contributed by atoms with van der Waals surface area (Å²) in [7, 11) is 0. The first-order valence-electron chi connectivity index (χ1n) is 11.0. The monoisotopic (exact) mass is 435 g/mol. The number of amides is 2. The molecule has 6 nitrogen and oxygen atoms in total. The number of carbonyl (C=O) groups excluding carboxylic acids is 3. The summed E-state index contributed by atoms with van der Waals surface area (Å²) in [5.74, 6) is -2.31. The van der Waals surface area contributed by atoms with Crippen molar-refractivity contribution in [3.8, 4) is 0 Å².